The van der Waals surface area contributed by atoms with E-state index in [0.29, 0.717) is 4.88 Å². The van der Waals surface area contributed by atoms with Gasteiger partial charge in [0.1, 0.15) is 4.21 Å². The third-order valence-electron chi connectivity index (χ3n) is 3.22. The molecule has 0 radical (unpaired) electrons. The molecule has 0 aliphatic carbocycles. The summed E-state index contributed by atoms with van der Waals surface area (Å²) in [5.41, 5.74) is 0. The van der Waals surface area contributed by atoms with Gasteiger partial charge in [0.2, 0.25) is 9.84 Å². The van der Waals surface area contributed by atoms with Gasteiger partial charge >= 0.3 is 0 Å². The normalized spacial score (nSPS) is 11.7. The third kappa shape index (κ3) is 2.50. The van der Waals surface area contributed by atoms with E-state index in [-0.39, 0.29) is 14.9 Å². The second-order valence-electron chi connectivity index (χ2n) is 4.69. The molecule has 21 heavy (non-hydrogen) atoms. The fourth-order valence-electron chi connectivity index (χ4n) is 2.10. The molecule has 3 rings (SSSR count). The summed E-state index contributed by atoms with van der Waals surface area (Å²) in [6, 6.07) is 15.7. The van der Waals surface area contributed by atoms with Gasteiger partial charge in [-0.3, -0.25) is 4.79 Å². The van der Waals surface area contributed by atoms with Crippen molar-refractivity contribution in [1.82, 2.24) is 0 Å². The Labute approximate surface area is 126 Å². The van der Waals surface area contributed by atoms with Crippen LogP contribution in [0.4, 0.5) is 0 Å². The van der Waals surface area contributed by atoms with Crippen molar-refractivity contribution >= 4 is 37.7 Å². The van der Waals surface area contributed by atoms with Crippen LogP contribution in [0.25, 0.3) is 10.8 Å². The topological polar surface area (TPSA) is 51.2 Å². The van der Waals surface area contributed by atoms with Crippen LogP contribution in [-0.2, 0) is 9.84 Å². The van der Waals surface area contributed by atoms with Gasteiger partial charge in [0.05, 0.1) is 9.77 Å². The van der Waals surface area contributed by atoms with E-state index >= 15 is 0 Å². The predicted octanol–water partition coefficient (Wildman–Crippen LogP) is 3.94. The maximum absolute atomic E-state index is 12.6. The zero-order chi connectivity index (χ0) is 15.0. The number of sulfone groups is 1. The summed E-state index contributed by atoms with van der Waals surface area (Å²) in [7, 11) is -3.58. The Bertz CT molecular complexity index is 937. The maximum atomic E-state index is 12.6. The number of fused-ring (bicyclic) bond motifs is 1. The second-order valence-corrected chi connectivity index (χ2v) is 7.95. The molecule has 0 bridgehead atoms. The van der Waals surface area contributed by atoms with Gasteiger partial charge in [0.25, 0.3) is 0 Å². The van der Waals surface area contributed by atoms with Gasteiger partial charge in [-0.25, -0.2) is 8.42 Å². The minimum absolute atomic E-state index is 0.125. The van der Waals surface area contributed by atoms with Crippen LogP contribution in [0.2, 0.25) is 0 Å². The lowest BCUT2D eigenvalue weighted by Crippen LogP contribution is -1.99. The number of thiophene rings is 1. The van der Waals surface area contributed by atoms with E-state index in [1.165, 1.54) is 13.0 Å². The van der Waals surface area contributed by atoms with Crippen LogP contribution in [0.15, 0.2) is 63.7 Å². The first-order chi connectivity index (χ1) is 9.98. The van der Waals surface area contributed by atoms with Crippen molar-refractivity contribution in [1.29, 1.82) is 0 Å². The maximum Gasteiger partial charge on any atom is 0.215 e. The summed E-state index contributed by atoms with van der Waals surface area (Å²) in [6.45, 7) is 1.43. The van der Waals surface area contributed by atoms with Gasteiger partial charge in [-0.15, -0.1) is 11.3 Å². The van der Waals surface area contributed by atoms with Crippen molar-refractivity contribution in [2.45, 2.75) is 16.0 Å². The quantitative estimate of drug-likeness (QED) is 0.688. The van der Waals surface area contributed by atoms with Gasteiger partial charge in [-0.1, -0.05) is 30.3 Å². The van der Waals surface area contributed by atoms with E-state index < -0.39 is 9.84 Å². The molecule has 0 saturated heterocycles. The molecule has 0 spiro atoms. The number of carbonyl (C=O) groups is 1. The Kier molecular flexibility index (Phi) is 3.39. The number of hydrogen-bond acceptors (Lipinski definition) is 4. The van der Waals surface area contributed by atoms with Crippen LogP contribution in [0.3, 0.4) is 0 Å². The molecule has 3 aromatic rings. The van der Waals surface area contributed by atoms with Crippen molar-refractivity contribution in [2.24, 2.45) is 0 Å². The molecule has 106 valence electrons. The van der Waals surface area contributed by atoms with Crippen LogP contribution in [-0.4, -0.2) is 14.2 Å². The number of ketones is 1. The van der Waals surface area contributed by atoms with Gasteiger partial charge in [0.15, 0.2) is 5.78 Å². The van der Waals surface area contributed by atoms with E-state index in [9.17, 15) is 13.2 Å². The first-order valence-corrected chi connectivity index (χ1v) is 8.63. The van der Waals surface area contributed by atoms with Gasteiger partial charge in [-0.05, 0) is 42.0 Å². The average molecular weight is 316 g/mol. The Hall–Kier alpha value is -1.98. The first kappa shape index (κ1) is 14.0. The second kappa shape index (κ2) is 5.09. The van der Waals surface area contributed by atoms with E-state index in [1.54, 1.807) is 24.3 Å². The van der Waals surface area contributed by atoms with Gasteiger partial charge in [0, 0.05) is 0 Å². The van der Waals surface area contributed by atoms with E-state index in [2.05, 4.69) is 0 Å². The molecule has 0 amide bonds. The van der Waals surface area contributed by atoms with Crippen LogP contribution < -0.4 is 0 Å². The molecule has 0 atom stereocenters. The lowest BCUT2D eigenvalue weighted by atomic mass is 10.1. The van der Waals surface area contributed by atoms with Gasteiger partial charge < -0.3 is 0 Å². The zero-order valence-electron chi connectivity index (χ0n) is 11.2. The minimum atomic E-state index is -3.58. The Morgan fingerprint density at radius 1 is 0.952 bits per heavy atom. The highest BCUT2D eigenvalue weighted by molar-refractivity contribution is 7.93. The summed E-state index contributed by atoms with van der Waals surface area (Å²) in [6.07, 6.45) is 0. The molecule has 0 aliphatic heterocycles. The summed E-state index contributed by atoms with van der Waals surface area (Å²) in [4.78, 5) is 12.0. The van der Waals surface area contributed by atoms with Crippen LogP contribution in [0.5, 0.6) is 0 Å². The Morgan fingerprint density at radius 3 is 2.33 bits per heavy atom. The average Bonchev–Trinajstić information content (AvgIpc) is 2.97. The molecule has 3 nitrogen and oxygen atoms in total. The highest BCUT2D eigenvalue weighted by Gasteiger charge is 2.21. The summed E-state index contributed by atoms with van der Waals surface area (Å²) in [5.74, 6) is -0.125. The molecule has 2 aromatic carbocycles. The fourth-order valence-corrected chi connectivity index (χ4v) is 4.74. The van der Waals surface area contributed by atoms with Crippen molar-refractivity contribution < 1.29 is 13.2 Å². The van der Waals surface area contributed by atoms with Crippen LogP contribution in [0.1, 0.15) is 16.6 Å². The molecule has 5 heteroatoms. The molecule has 0 N–H and O–H groups in total. The highest BCUT2D eigenvalue weighted by atomic mass is 32.2. The number of Topliss-reactive ketones (excluding diaryl/α,β-unsaturated/α-hetero) is 1. The van der Waals surface area contributed by atoms with Crippen molar-refractivity contribution in [3.63, 3.8) is 0 Å². The van der Waals surface area contributed by atoms with Crippen molar-refractivity contribution in [2.75, 3.05) is 0 Å². The third-order valence-corrected chi connectivity index (χ3v) is 6.65. The fraction of sp³-hybridized carbons (Fsp3) is 0.0625. The summed E-state index contributed by atoms with van der Waals surface area (Å²) < 4.78 is 25.4. The predicted molar refractivity (Wildman–Crippen MR) is 83.7 cm³/mol. The summed E-state index contributed by atoms with van der Waals surface area (Å²) in [5, 5.41) is 1.87. The van der Waals surface area contributed by atoms with Crippen molar-refractivity contribution in [3.05, 3.63) is 59.5 Å². The number of benzene rings is 2. The molecule has 0 fully saturated rings. The van der Waals surface area contributed by atoms with Gasteiger partial charge in [-0.2, -0.15) is 0 Å². The van der Waals surface area contributed by atoms with Crippen molar-refractivity contribution in [3.8, 4) is 0 Å². The molecule has 1 heterocycles. The Morgan fingerprint density at radius 2 is 1.67 bits per heavy atom. The van der Waals surface area contributed by atoms with Crippen LogP contribution in [0, 0.1) is 0 Å². The Balaban J connectivity index is 2.12. The number of rotatable bonds is 3. The lowest BCUT2D eigenvalue weighted by Gasteiger charge is -2.04. The van der Waals surface area contributed by atoms with Crippen LogP contribution >= 0.6 is 11.3 Å². The zero-order valence-corrected chi connectivity index (χ0v) is 12.9. The SMILES string of the molecule is CC(=O)c1ccc(S(=O)(=O)c2ccc3ccccc3c2)s1. The molecular formula is C16H12O3S2. The molecule has 1 aromatic heterocycles. The molecular weight excluding hydrogens is 304 g/mol. The molecule has 0 aliphatic rings. The summed E-state index contributed by atoms with van der Waals surface area (Å²) >= 11 is 1.01. The first-order valence-electron chi connectivity index (χ1n) is 6.33. The molecule has 0 unspecified atom stereocenters. The number of hydrogen-bond donors (Lipinski definition) is 0. The largest absolute Gasteiger partial charge is 0.294 e. The number of carbonyl (C=O) groups excluding carboxylic acids is 1. The highest BCUT2D eigenvalue weighted by Crippen LogP contribution is 2.29. The van der Waals surface area contributed by atoms with E-state index in [1.807, 2.05) is 24.3 Å². The smallest absolute Gasteiger partial charge is 0.215 e. The van der Waals surface area contributed by atoms with E-state index in [0.717, 1.165) is 22.1 Å². The molecule has 0 saturated carbocycles. The minimum Gasteiger partial charge on any atom is -0.294 e. The van der Waals surface area contributed by atoms with E-state index in [4.69, 9.17) is 0 Å². The standard InChI is InChI=1S/C16H12O3S2/c1-11(17)15-8-9-16(20-15)21(18,19)14-7-6-12-4-2-3-5-13(12)10-14/h2-10H,1H3. The monoisotopic (exact) mass is 316 g/mol. The lowest BCUT2D eigenvalue weighted by molar-refractivity contribution is 0.102.